The van der Waals surface area contributed by atoms with Crippen LogP contribution in [0, 0.1) is 11.7 Å². The van der Waals surface area contributed by atoms with Gasteiger partial charge in [0.1, 0.15) is 5.82 Å². The van der Waals surface area contributed by atoms with Gasteiger partial charge in [-0.3, -0.25) is 4.90 Å². The lowest BCUT2D eigenvalue weighted by Gasteiger charge is -2.19. The fourth-order valence-electron chi connectivity index (χ4n) is 2.34. The van der Waals surface area contributed by atoms with Crippen molar-refractivity contribution in [2.75, 3.05) is 20.2 Å². The van der Waals surface area contributed by atoms with E-state index in [-0.39, 0.29) is 18.5 Å². The Balaban J connectivity index is 2.17. The molecule has 0 spiro atoms. The number of nitrogens with zero attached hydrogens (tertiary/aromatic N) is 1. The number of aliphatic hydroxyl groups excluding tert-OH is 1. The average Bonchev–Trinajstić information content (AvgIpc) is 2.60. The third-order valence-corrected chi connectivity index (χ3v) is 3.13. The molecule has 1 heterocycles. The highest BCUT2D eigenvalue weighted by molar-refractivity contribution is 5.21. The Bertz CT molecular complexity index is 342. The minimum Gasteiger partial charge on any atom is -0.396 e. The molecule has 2 nitrogen and oxygen atoms in total. The first-order valence-electron chi connectivity index (χ1n) is 5.27. The molecule has 1 aromatic rings. The van der Waals surface area contributed by atoms with Gasteiger partial charge in [-0.15, -0.1) is 0 Å². The van der Waals surface area contributed by atoms with Crippen LogP contribution in [-0.4, -0.2) is 30.2 Å². The van der Waals surface area contributed by atoms with E-state index in [0.29, 0.717) is 5.92 Å². The monoisotopic (exact) mass is 209 g/mol. The molecule has 1 saturated heterocycles. The molecule has 15 heavy (non-hydrogen) atoms. The molecular weight excluding hydrogens is 193 g/mol. The van der Waals surface area contributed by atoms with Gasteiger partial charge >= 0.3 is 0 Å². The van der Waals surface area contributed by atoms with Crippen LogP contribution in [0.4, 0.5) is 4.39 Å². The van der Waals surface area contributed by atoms with Crippen molar-refractivity contribution in [2.45, 2.75) is 12.5 Å². The van der Waals surface area contributed by atoms with Gasteiger partial charge in [-0.1, -0.05) is 12.1 Å². The Morgan fingerprint density at radius 1 is 1.53 bits per heavy atom. The average molecular weight is 209 g/mol. The topological polar surface area (TPSA) is 23.5 Å². The fraction of sp³-hybridized carbons (Fsp3) is 0.500. The van der Waals surface area contributed by atoms with Gasteiger partial charge < -0.3 is 5.11 Å². The smallest absolute Gasteiger partial charge is 0.123 e. The molecule has 1 aliphatic heterocycles. The van der Waals surface area contributed by atoms with Crippen molar-refractivity contribution in [2.24, 2.45) is 5.92 Å². The predicted molar refractivity (Wildman–Crippen MR) is 57.0 cm³/mol. The van der Waals surface area contributed by atoms with Crippen molar-refractivity contribution in [3.8, 4) is 0 Å². The lowest BCUT2D eigenvalue weighted by molar-refractivity contribution is 0.227. The van der Waals surface area contributed by atoms with E-state index < -0.39 is 0 Å². The maximum absolute atomic E-state index is 13.1. The van der Waals surface area contributed by atoms with Crippen LogP contribution in [0.5, 0.6) is 0 Å². The van der Waals surface area contributed by atoms with E-state index in [9.17, 15) is 4.39 Å². The van der Waals surface area contributed by atoms with Gasteiger partial charge in [-0.05, 0) is 37.1 Å². The van der Waals surface area contributed by atoms with Gasteiger partial charge in [0.2, 0.25) is 0 Å². The highest BCUT2D eigenvalue weighted by Gasteiger charge is 2.29. The molecule has 0 radical (unpaired) electrons. The van der Waals surface area contributed by atoms with Crippen molar-refractivity contribution in [1.29, 1.82) is 0 Å². The van der Waals surface area contributed by atoms with Crippen LogP contribution >= 0.6 is 0 Å². The van der Waals surface area contributed by atoms with Crippen LogP contribution in [0.25, 0.3) is 0 Å². The summed E-state index contributed by atoms with van der Waals surface area (Å²) in [6.45, 7) is 1.10. The summed E-state index contributed by atoms with van der Waals surface area (Å²) >= 11 is 0. The molecule has 0 amide bonds. The van der Waals surface area contributed by atoms with Crippen molar-refractivity contribution < 1.29 is 9.50 Å². The number of halogens is 1. The Kier molecular flexibility index (Phi) is 3.03. The first kappa shape index (κ1) is 10.6. The van der Waals surface area contributed by atoms with Crippen LogP contribution in [0.1, 0.15) is 18.0 Å². The largest absolute Gasteiger partial charge is 0.396 e. The SMILES string of the molecule is CN1C[C@@H](CO)C[C@@H]1c1cccc(F)c1. The molecule has 0 bridgehead atoms. The van der Waals surface area contributed by atoms with E-state index in [0.717, 1.165) is 18.5 Å². The number of benzene rings is 1. The van der Waals surface area contributed by atoms with Gasteiger partial charge in [0.15, 0.2) is 0 Å². The van der Waals surface area contributed by atoms with Gasteiger partial charge in [0.05, 0.1) is 0 Å². The van der Waals surface area contributed by atoms with Crippen molar-refractivity contribution in [3.63, 3.8) is 0 Å². The lowest BCUT2D eigenvalue weighted by Crippen LogP contribution is -2.19. The standard InChI is InChI=1S/C12H16FNO/c1-14-7-9(8-15)5-12(14)10-3-2-4-11(13)6-10/h2-4,6,9,12,15H,5,7-8H2,1H3/t9-,12+/m0/s1. The molecule has 0 unspecified atom stereocenters. The Labute approximate surface area is 89.3 Å². The summed E-state index contributed by atoms with van der Waals surface area (Å²) in [7, 11) is 2.02. The molecule has 1 aliphatic rings. The van der Waals surface area contributed by atoms with Gasteiger partial charge in [-0.2, -0.15) is 0 Å². The Morgan fingerprint density at radius 3 is 2.93 bits per heavy atom. The summed E-state index contributed by atoms with van der Waals surface area (Å²) in [5, 5.41) is 9.10. The lowest BCUT2D eigenvalue weighted by atomic mass is 10.0. The summed E-state index contributed by atoms with van der Waals surface area (Å²) in [5.74, 6) is 0.136. The number of rotatable bonds is 2. The van der Waals surface area contributed by atoms with Crippen LogP contribution < -0.4 is 0 Å². The van der Waals surface area contributed by atoms with E-state index in [1.165, 1.54) is 6.07 Å². The van der Waals surface area contributed by atoms with Crippen LogP contribution in [0.3, 0.4) is 0 Å². The van der Waals surface area contributed by atoms with E-state index in [1.807, 2.05) is 13.1 Å². The maximum Gasteiger partial charge on any atom is 0.123 e. The first-order valence-corrected chi connectivity index (χ1v) is 5.27. The molecule has 0 saturated carbocycles. The second kappa shape index (κ2) is 4.29. The minimum atomic E-state index is -0.187. The number of hydrogen-bond acceptors (Lipinski definition) is 2. The minimum absolute atomic E-state index is 0.187. The summed E-state index contributed by atoms with van der Waals surface area (Å²) in [6, 6.07) is 6.98. The number of likely N-dealkylation sites (tertiary alicyclic amines) is 1. The van der Waals surface area contributed by atoms with Crippen LogP contribution in [0.2, 0.25) is 0 Å². The number of aliphatic hydroxyl groups is 1. The quantitative estimate of drug-likeness (QED) is 0.803. The van der Waals surface area contributed by atoms with Crippen molar-refractivity contribution in [1.82, 2.24) is 4.90 Å². The van der Waals surface area contributed by atoms with E-state index >= 15 is 0 Å². The van der Waals surface area contributed by atoms with Crippen molar-refractivity contribution in [3.05, 3.63) is 35.6 Å². The fourth-order valence-corrected chi connectivity index (χ4v) is 2.34. The second-order valence-electron chi connectivity index (χ2n) is 4.29. The molecule has 1 fully saturated rings. The normalized spacial score (nSPS) is 27.1. The molecule has 82 valence electrons. The third-order valence-electron chi connectivity index (χ3n) is 3.13. The van der Waals surface area contributed by atoms with Crippen LogP contribution in [0.15, 0.2) is 24.3 Å². The third kappa shape index (κ3) is 2.19. The summed E-state index contributed by atoms with van der Waals surface area (Å²) < 4.78 is 13.1. The summed E-state index contributed by atoms with van der Waals surface area (Å²) in [5.41, 5.74) is 1.01. The second-order valence-corrected chi connectivity index (χ2v) is 4.29. The van der Waals surface area contributed by atoms with Crippen LogP contribution in [-0.2, 0) is 0 Å². The highest BCUT2D eigenvalue weighted by atomic mass is 19.1. The molecule has 1 N–H and O–H groups in total. The molecule has 2 rings (SSSR count). The molecule has 0 aromatic heterocycles. The van der Waals surface area contributed by atoms with Crippen molar-refractivity contribution >= 4 is 0 Å². The zero-order chi connectivity index (χ0) is 10.8. The van der Waals surface area contributed by atoms with Gasteiger partial charge in [0, 0.05) is 19.2 Å². The molecule has 1 aromatic carbocycles. The van der Waals surface area contributed by atoms with E-state index in [4.69, 9.17) is 5.11 Å². The first-order chi connectivity index (χ1) is 7.20. The van der Waals surface area contributed by atoms with E-state index in [2.05, 4.69) is 4.90 Å². The Morgan fingerprint density at radius 2 is 2.33 bits per heavy atom. The van der Waals surface area contributed by atoms with Gasteiger partial charge in [-0.25, -0.2) is 4.39 Å². The molecule has 2 atom stereocenters. The van der Waals surface area contributed by atoms with Gasteiger partial charge in [0.25, 0.3) is 0 Å². The Hall–Kier alpha value is -0.930. The zero-order valence-electron chi connectivity index (χ0n) is 8.86. The molecule has 3 heteroatoms. The molecule has 0 aliphatic carbocycles. The zero-order valence-corrected chi connectivity index (χ0v) is 8.86. The summed E-state index contributed by atoms with van der Waals surface area (Å²) in [4.78, 5) is 2.18. The highest BCUT2D eigenvalue weighted by Crippen LogP contribution is 2.33. The van der Waals surface area contributed by atoms with E-state index in [1.54, 1.807) is 12.1 Å². The summed E-state index contributed by atoms with van der Waals surface area (Å²) in [6.07, 6.45) is 0.913. The number of hydrogen-bond donors (Lipinski definition) is 1. The molecular formula is C12H16FNO. The predicted octanol–water partition coefficient (Wildman–Crippen LogP) is 1.81. The maximum atomic E-state index is 13.1.